The van der Waals surface area contributed by atoms with Gasteiger partial charge in [0.1, 0.15) is 0 Å². The average molecular weight is 316 g/mol. The number of nitrogens with zero attached hydrogens (tertiary/aromatic N) is 2. The van der Waals surface area contributed by atoms with Crippen LogP contribution in [-0.4, -0.2) is 0 Å². The SMILES string of the molecule is CCC(C)C(c1ccc(C#N)cc1)(c1ccc(C#N)cc1)C(C)C. The van der Waals surface area contributed by atoms with Crippen LogP contribution in [0.15, 0.2) is 48.5 Å². The fourth-order valence-corrected chi connectivity index (χ4v) is 3.93. The van der Waals surface area contributed by atoms with E-state index in [-0.39, 0.29) is 5.41 Å². The fourth-order valence-electron chi connectivity index (χ4n) is 3.93. The van der Waals surface area contributed by atoms with Crippen LogP contribution in [0, 0.1) is 34.5 Å². The Balaban J connectivity index is 2.71. The number of hydrogen-bond donors (Lipinski definition) is 0. The van der Waals surface area contributed by atoms with E-state index in [2.05, 4.69) is 64.1 Å². The van der Waals surface area contributed by atoms with E-state index in [0.29, 0.717) is 23.0 Å². The molecule has 0 N–H and O–H groups in total. The summed E-state index contributed by atoms with van der Waals surface area (Å²) < 4.78 is 0. The van der Waals surface area contributed by atoms with Gasteiger partial charge in [0.05, 0.1) is 23.3 Å². The zero-order valence-corrected chi connectivity index (χ0v) is 14.9. The molecule has 1 atom stereocenters. The first-order chi connectivity index (χ1) is 11.5. The van der Waals surface area contributed by atoms with Crippen LogP contribution in [-0.2, 0) is 5.41 Å². The van der Waals surface area contributed by atoms with Gasteiger partial charge in [0.2, 0.25) is 0 Å². The number of rotatable bonds is 5. The molecule has 0 saturated carbocycles. The molecule has 0 radical (unpaired) electrons. The van der Waals surface area contributed by atoms with Crippen molar-refractivity contribution in [2.24, 2.45) is 11.8 Å². The highest BCUT2D eigenvalue weighted by Crippen LogP contribution is 2.46. The number of hydrogen-bond acceptors (Lipinski definition) is 2. The summed E-state index contributed by atoms with van der Waals surface area (Å²) in [5, 5.41) is 18.2. The summed E-state index contributed by atoms with van der Waals surface area (Å²) in [6.45, 7) is 9.01. The van der Waals surface area contributed by atoms with E-state index in [1.54, 1.807) is 0 Å². The second-order valence-corrected chi connectivity index (χ2v) is 6.71. The predicted octanol–water partition coefficient (Wildman–Crippen LogP) is 5.42. The average Bonchev–Trinajstić information content (AvgIpc) is 2.62. The first-order valence-electron chi connectivity index (χ1n) is 8.51. The molecular weight excluding hydrogens is 292 g/mol. The summed E-state index contributed by atoms with van der Waals surface area (Å²) in [5.74, 6) is 0.812. The molecule has 2 aromatic rings. The van der Waals surface area contributed by atoms with E-state index in [0.717, 1.165) is 6.42 Å². The minimum absolute atomic E-state index is 0.142. The van der Waals surface area contributed by atoms with Gasteiger partial charge in [-0.05, 0) is 47.2 Å². The first kappa shape index (κ1) is 17.8. The molecule has 24 heavy (non-hydrogen) atoms. The maximum absolute atomic E-state index is 9.09. The molecule has 1 unspecified atom stereocenters. The van der Waals surface area contributed by atoms with Crippen molar-refractivity contribution in [1.29, 1.82) is 10.5 Å². The maximum atomic E-state index is 9.09. The molecule has 0 spiro atoms. The predicted molar refractivity (Wildman–Crippen MR) is 97.4 cm³/mol. The smallest absolute Gasteiger partial charge is 0.0991 e. The normalized spacial score (nSPS) is 12.5. The summed E-state index contributed by atoms with van der Waals surface area (Å²) >= 11 is 0. The van der Waals surface area contributed by atoms with Crippen molar-refractivity contribution in [3.05, 3.63) is 70.8 Å². The Morgan fingerprint density at radius 2 is 1.17 bits per heavy atom. The second-order valence-electron chi connectivity index (χ2n) is 6.71. The zero-order chi connectivity index (χ0) is 17.7. The topological polar surface area (TPSA) is 47.6 Å². The summed E-state index contributed by atoms with van der Waals surface area (Å²) in [7, 11) is 0. The van der Waals surface area contributed by atoms with Crippen molar-refractivity contribution in [2.75, 3.05) is 0 Å². The molecule has 0 fully saturated rings. The Morgan fingerprint density at radius 3 is 1.42 bits per heavy atom. The van der Waals surface area contributed by atoms with Crippen LogP contribution >= 0.6 is 0 Å². The van der Waals surface area contributed by atoms with E-state index < -0.39 is 0 Å². The molecule has 2 nitrogen and oxygen atoms in total. The molecule has 0 aliphatic rings. The lowest BCUT2D eigenvalue weighted by Gasteiger charge is -2.44. The van der Waals surface area contributed by atoms with E-state index in [4.69, 9.17) is 10.5 Å². The molecule has 2 heteroatoms. The highest BCUT2D eigenvalue weighted by atomic mass is 14.4. The Kier molecular flexibility index (Phi) is 5.42. The van der Waals surface area contributed by atoms with Crippen LogP contribution in [0.3, 0.4) is 0 Å². The van der Waals surface area contributed by atoms with Crippen LogP contribution < -0.4 is 0 Å². The van der Waals surface area contributed by atoms with Gasteiger partial charge in [-0.15, -0.1) is 0 Å². The largest absolute Gasteiger partial charge is 0.192 e. The van der Waals surface area contributed by atoms with Crippen molar-refractivity contribution in [3.8, 4) is 12.1 Å². The van der Waals surface area contributed by atoms with Crippen LogP contribution in [0.5, 0.6) is 0 Å². The molecule has 0 saturated heterocycles. The van der Waals surface area contributed by atoms with Crippen molar-refractivity contribution < 1.29 is 0 Å². The quantitative estimate of drug-likeness (QED) is 0.739. The van der Waals surface area contributed by atoms with Crippen molar-refractivity contribution >= 4 is 0 Å². The highest BCUT2D eigenvalue weighted by molar-refractivity contribution is 5.45. The maximum Gasteiger partial charge on any atom is 0.0991 e. The molecule has 0 aliphatic carbocycles. The Labute approximate surface area is 145 Å². The third-order valence-corrected chi connectivity index (χ3v) is 5.28. The monoisotopic (exact) mass is 316 g/mol. The lowest BCUT2D eigenvalue weighted by Crippen LogP contribution is -2.40. The molecule has 0 aliphatic heterocycles. The summed E-state index contributed by atoms with van der Waals surface area (Å²) in [5.41, 5.74) is 3.68. The lowest BCUT2D eigenvalue weighted by atomic mass is 9.59. The van der Waals surface area contributed by atoms with E-state index in [1.807, 2.05) is 24.3 Å². The Bertz CT molecular complexity index is 698. The molecule has 0 bridgehead atoms. The van der Waals surface area contributed by atoms with Crippen LogP contribution in [0.4, 0.5) is 0 Å². The van der Waals surface area contributed by atoms with Gasteiger partial charge in [-0.25, -0.2) is 0 Å². The third-order valence-electron chi connectivity index (χ3n) is 5.28. The molecule has 122 valence electrons. The molecule has 0 amide bonds. The Hall–Kier alpha value is -2.58. The standard InChI is InChI=1S/C22H24N2/c1-5-17(4)22(16(2)3,20-10-6-18(14-23)7-11-20)21-12-8-19(15-24)9-13-21/h6-13,16-17H,5H2,1-4H3. The van der Waals surface area contributed by atoms with Crippen LogP contribution in [0.1, 0.15) is 56.4 Å². The molecular formula is C22H24N2. The third kappa shape index (κ3) is 2.93. The van der Waals surface area contributed by atoms with Gasteiger partial charge >= 0.3 is 0 Å². The first-order valence-corrected chi connectivity index (χ1v) is 8.51. The number of nitriles is 2. The summed E-state index contributed by atoms with van der Waals surface area (Å²) in [4.78, 5) is 0. The minimum Gasteiger partial charge on any atom is -0.192 e. The van der Waals surface area contributed by atoms with E-state index in [1.165, 1.54) is 11.1 Å². The van der Waals surface area contributed by atoms with Crippen molar-refractivity contribution in [1.82, 2.24) is 0 Å². The molecule has 0 aromatic heterocycles. The van der Waals surface area contributed by atoms with Crippen molar-refractivity contribution in [2.45, 2.75) is 39.5 Å². The lowest BCUT2D eigenvalue weighted by molar-refractivity contribution is 0.250. The van der Waals surface area contributed by atoms with Crippen molar-refractivity contribution in [3.63, 3.8) is 0 Å². The van der Waals surface area contributed by atoms with E-state index >= 15 is 0 Å². The minimum atomic E-state index is -0.142. The van der Waals surface area contributed by atoms with Crippen LogP contribution in [0.25, 0.3) is 0 Å². The molecule has 0 heterocycles. The molecule has 2 rings (SSSR count). The second kappa shape index (κ2) is 7.33. The summed E-state index contributed by atoms with van der Waals surface area (Å²) in [6.07, 6.45) is 1.05. The summed E-state index contributed by atoms with van der Waals surface area (Å²) in [6, 6.07) is 20.3. The van der Waals surface area contributed by atoms with E-state index in [9.17, 15) is 0 Å². The molecule has 2 aromatic carbocycles. The fraction of sp³-hybridized carbons (Fsp3) is 0.364. The van der Waals surface area contributed by atoms with Gasteiger partial charge in [0.15, 0.2) is 0 Å². The van der Waals surface area contributed by atoms with Crippen LogP contribution in [0.2, 0.25) is 0 Å². The van der Waals surface area contributed by atoms with Gasteiger partial charge in [-0.2, -0.15) is 10.5 Å². The highest BCUT2D eigenvalue weighted by Gasteiger charge is 2.41. The number of benzene rings is 2. The van der Waals surface area contributed by atoms with Gasteiger partial charge in [0.25, 0.3) is 0 Å². The van der Waals surface area contributed by atoms with Gasteiger partial charge in [-0.3, -0.25) is 0 Å². The zero-order valence-electron chi connectivity index (χ0n) is 14.9. The van der Waals surface area contributed by atoms with Gasteiger partial charge < -0.3 is 0 Å². The van der Waals surface area contributed by atoms with Gasteiger partial charge in [0, 0.05) is 5.41 Å². The van der Waals surface area contributed by atoms with Gasteiger partial charge in [-0.1, -0.05) is 58.4 Å². The Morgan fingerprint density at radius 1 is 0.792 bits per heavy atom.